The van der Waals surface area contributed by atoms with Crippen LogP contribution >= 0.6 is 11.6 Å². The van der Waals surface area contributed by atoms with Crippen molar-refractivity contribution in [1.29, 1.82) is 0 Å². The van der Waals surface area contributed by atoms with Gasteiger partial charge in [-0.3, -0.25) is 0 Å². The third kappa shape index (κ3) is 3.23. The molecule has 1 aromatic rings. The summed E-state index contributed by atoms with van der Waals surface area (Å²) < 4.78 is 27.3. The largest absolute Gasteiger partial charge is 0.317 e. The summed E-state index contributed by atoms with van der Waals surface area (Å²) in [4.78, 5) is 0.272. The lowest BCUT2D eigenvalue weighted by atomic mass is 10.1. The van der Waals surface area contributed by atoms with Gasteiger partial charge in [0.2, 0.25) is 10.0 Å². The molecule has 0 bridgehead atoms. The summed E-state index contributed by atoms with van der Waals surface area (Å²) in [6.07, 6.45) is 1.64. The minimum absolute atomic E-state index is 0.00892. The van der Waals surface area contributed by atoms with E-state index in [0.717, 1.165) is 25.9 Å². The van der Waals surface area contributed by atoms with Crippen LogP contribution in [0.3, 0.4) is 0 Å². The van der Waals surface area contributed by atoms with Crippen molar-refractivity contribution in [3.8, 4) is 0 Å². The molecule has 4 nitrogen and oxygen atoms in total. The van der Waals surface area contributed by atoms with Gasteiger partial charge in [-0.2, -0.15) is 0 Å². The van der Waals surface area contributed by atoms with Gasteiger partial charge in [-0.25, -0.2) is 13.1 Å². The van der Waals surface area contributed by atoms with Crippen molar-refractivity contribution in [2.24, 2.45) is 0 Å². The van der Waals surface area contributed by atoms with E-state index in [1.165, 1.54) is 6.07 Å². The molecule has 1 heterocycles. The molecule has 2 rings (SSSR count). The smallest absolute Gasteiger partial charge is 0.241 e. The number of benzene rings is 1. The van der Waals surface area contributed by atoms with E-state index in [4.69, 9.17) is 11.6 Å². The van der Waals surface area contributed by atoms with Gasteiger partial charge in [0, 0.05) is 11.1 Å². The zero-order valence-electron chi connectivity index (χ0n) is 10.2. The highest BCUT2D eigenvalue weighted by Gasteiger charge is 2.23. The normalized spacial score (nSPS) is 17.9. The number of rotatable bonds is 3. The van der Waals surface area contributed by atoms with Crippen molar-refractivity contribution in [1.82, 2.24) is 10.0 Å². The Hall–Kier alpha value is -0.620. The van der Waals surface area contributed by atoms with Gasteiger partial charge in [-0.1, -0.05) is 17.7 Å². The Balaban J connectivity index is 2.21. The molecule has 0 aromatic heterocycles. The number of piperidine rings is 1. The van der Waals surface area contributed by atoms with Crippen molar-refractivity contribution in [2.45, 2.75) is 30.7 Å². The number of halogens is 1. The van der Waals surface area contributed by atoms with E-state index in [0.29, 0.717) is 10.6 Å². The standard InChI is InChI=1S/C12H17ClN2O2S/c1-9-2-3-10(13)8-12(9)18(16,17)15-11-4-6-14-7-5-11/h2-3,8,11,14-15H,4-7H2,1H3. The Bertz CT molecular complexity index is 525. The first-order valence-corrected chi connectivity index (χ1v) is 7.84. The zero-order chi connectivity index (χ0) is 13.2. The highest BCUT2D eigenvalue weighted by Crippen LogP contribution is 2.21. The molecule has 0 spiro atoms. The van der Waals surface area contributed by atoms with Crippen molar-refractivity contribution < 1.29 is 8.42 Å². The van der Waals surface area contributed by atoms with E-state index >= 15 is 0 Å². The van der Waals surface area contributed by atoms with E-state index in [2.05, 4.69) is 10.0 Å². The lowest BCUT2D eigenvalue weighted by Gasteiger charge is -2.23. The molecule has 0 amide bonds. The first kappa shape index (κ1) is 13.8. The zero-order valence-corrected chi connectivity index (χ0v) is 11.8. The van der Waals surface area contributed by atoms with Gasteiger partial charge < -0.3 is 5.32 Å². The fraction of sp³-hybridized carbons (Fsp3) is 0.500. The Morgan fingerprint density at radius 3 is 2.67 bits per heavy atom. The number of nitrogens with one attached hydrogen (secondary N) is 2. The van der Waals surface area contributed by atoms with Crippen LogP contribution in [0.2, 0.25) is 5.02 Å². The number of hydrogen-bond donors (Lipinski definition) is 2. The summed E-state index contributed by atoms with van der Waals surface area (Å²) in [6, 6.07) is 4.93. The highest BCUT2D eigenvalue weighted by atomic mass is 35.5. The Kier molecular flexibility index (Phi) is 4.27. The fourth-order valence-electron chi connectivity index (χ4n) is 2.09. The molecule has 1 aromatic carbocycles. The molecule has 0 saturated carbocycles. The topological polar surface area (TPSA) is 58.2 Å². The minimum Gasteiger partial charge on any atom is -0.317 e. The van der Waals surface area contributed by atoms with E-state index in [9.17, 15) is 8.42 Å². The highest BCUT2D eigenvalue weighted by molar-refractivity contribution is 7.89. The first-order chi connectivity index (χ1) is 8.49. The second kappa shape index (κ2) is 5.57. The summed E-state index contributed by atoms with van der Waals surface area (Å²) in [5.41, 5.74) is 0.709. The second-order valence-electron chi connectivity index (χ2n) is 4.56. The molecular formula is C12H17ClN2O2S. The molecule has 18 heavy (non-hydrogen) atoms. The summed E-state index contributed by atoms with van der Waals surface area (Å²) in [7, 11) is -3.48. The maximum Gasteiger partial charge on any atom is 0.241 e. The summed E-state index contributed by atoms with van der Waals surface area (Å²) >= 11 is 5.86. The third-order valence-electron chi connectivity index (χ3n) is 3.10. The molecule has 0 aliphatic carbocycles. The van der Waals surface area contributed by atoms with E-state index in [1.807, 2.05) is 0 Å². The molecule has 6 heteroatoms. The minimum atomic E-state index is -3.48. The molecule has 0 atom stereocenters. The average molecular weight is 289 g/mol. The SMILES string of the molecule is Cc1ccc(Cl)cc1S(=O)(=O)NC1CCNCC1. The van der Waals surface area contributed by atoms with Gasteiger partial charge in [0.1, 0.15) is 0 Å². The monoisotopic (exact) mass is 288 g/mol. The molecule has 2 N–H and O–H groups in total. The lowest BCUT2D eigenvalue weighted by Crippen LogP contribution is -2.42. The van der Waals surface area contributed by atoms with Gasteiger partial charge in [-0.15, -0.1) is 0 Å². The van der Waals surface area contributed by atoms with Gasteiger partial charge in [0.05, 0.1) is 4.90 Å². The van der Waals surface area contributed by atoms with Crippen LogP contribution in [0.25, 0.3) is 0 Å². The summed E-state index contributed by atoms with van der Waals surface area (Å²) in [5, 5.41) is 3.64. The van der Waals surface area contributed by atoms with Crippen LogP contribution in [0, 0.1) is 6.92 Å². The number of sulfonamides is 1. The van der Waals surface area contributed by atoms with Gasteiger partial charge in [-0.05, 0) is 50.6 Å². The van der Waals surface area contributed by atoms with E-state index < -0.39 is 10.0 Å². The fourth-order valence-corrected chi connectivity index (χ4v) is 3.90. The number of aryl methyl sites for hydroxylation is 1. The summed E-state index contributed by atoms with van der Waals surface area (Å²) in [5.74, 6) is 0. The summed E-state index contributed by atoms with van der Waals surface area (Å²) in [6.45, 7) is 3.47. The Labute approximate surface area is 113 Å². The van der Waals surface area contributed by atoms with E-state index in [-0.39, 0.29) is 10.9 Å². The van der Waals surface area contributed by atoms with Crippen LogP contribution in [0.5, 0.6) is 0 Å². The molecule has 1 saturated heterocycles. The van der Waals surface area contributed by atoms with Crippen molar-refractivity contribution in [3.63, 3.8) is 0 Å². The van der Waals surface area contributed by atoms with Crippen LogP contribution in [0.15, 0.2) is 23.1 Å². The first-order valence-electron chi connectivity index (χ1n) is 5.98. The predicted octanol–water partition coefficient (Wildman–Crippen LogP) is 1.68. The molecule has 1 fully saturated rings. The molecule has 0 radical (unpaired) electrons. The maximum absolute atomic E-state index is 12.3. The lowest BCUT2D eigenvalue weighted by molar-refractivity contribution is 0.427. The Morgan fingerprint density at radius 2 is 2.00 bits per heavy atom. The van der Waals surface area contributed by atoms with Crippen molar-refractivity contribution in [2.75, 3.05) is 13.1 Å². The van der Waals surface area contributed by atoms with Gasteiger partial charge >= 0.3 is 0 Å². The second-order valence-corrected chi connectivity index (χ2v) is 6.67. The Morgan fingerprint density at radius 1 is 1.33 bits per heavy atom. The average Bonchev–Trinajstić information content (AvgIpc) is 2.33. The molecular weight excluding hydrogens is 272 g/mol. The van der Waals surface area contributed by atoms with Crippen LogP contribution < -0.4 is 10.0 Å². The van der Waals surface area contributed by atoms with Crippen LogP contribution in [0.1, 0.15) is 18.4 Å². The van der Waals surface area contributed by atoms with E-state index in [1.54, 1.807) is 19.1 Å². The number of hydrogen-bond acceptors (Lipinski definition) is 3. The van der Waals surface area contributed by atoms with Gasteiger partial charge in [0.15, 0.2) is 0 Å². The molecule has 100 valence electrons. The van der Waals surface area contributed by atoms with Crippen LogP contribution in [-0.4, -0.2) is 27.5 Å². The molecule has 0 unspecified atom stereocenters. The predicted molar refractivity (Wildman–Crippen MR) is 72.4 cm³/mol. The van der Waals surface area contributed by atoms with Gasteiger partial charge in [0.25, 0.3) is 0 Å². The van der Waals surface area contributed by atoms with Crippen molar-refractivity contribution >= 4 is 21.6 Å². The molecule has 1 aliphatic heterocycles. The quantitative estimate of drug-likeness (QED) is 0.890. The van der Waals surface area contributed by atoms with Crippen LogP contribution in [0.4, 0.5) is 0 Å². The van der Waals surface area contributed by atoms with Crippen LogP contribution in [-0.2, 0) is 10.0 Å². The third-order valence-corrected chi connectivity index (χ3v) is 5.00. The molecule has 1 aliphatic rings. The van der Waals surface area contributed by atoms with Crippen molar-refractivity contribution in [3.05, 3.63) is 28.8 Å². The maximum atomic E-state index is 12.3.